The summed E-state index contributed by atoms with van der Waals surface area (Å²) in [5.74, 6) is 1.28. The molecule has 0 fully saturated rings. The number of benzene rings is 2. The van der Waals surface area contributed by atoms with Crippen molar-refractivity contribution < 1.29 is 4.79 Å². The molecular formula is C25H27Cl3N6O. The van der Waals surface area contributed by atoms with Gasteiger partial charge in [0.05, 0.1) is 11.1 Å². The van der Waals surface area contributed by atoms with E-state index in [1.165, 1.54) is 6.20 Å². The summed E-state index contributed by atoms with van der Waals surface area (Å²) in [6.45, 7) is 2.78. The van der Waals surface area contributed by atoms with Gasteiger partial charge in [0.1, 0.15) is 11.0 Å². The summed E-state index contributed by atoms with van der Waals surface area (Å²) in [4.78, 5) is 27.6. The summed E-state index contributed by atoms with van der Waals surface area (Å²) in [6, 6.07) is 17.2. The van der Waals surface area contributed by atoms with E-state index in [0.29, 0.717) is 16.7 Å². The number of aromatic nitrogens is 3. The van der Waals surface area contributed by atoms with Gasteiger partial charge in [-0.3, -0.25) is 4.79 Å². The van der Waals surface area contributed by atoms with Crippen molar-refractivity contribution in [3.63, 3.8) is 0 Å². The van der Waals surface area contributed by atoms with Crippen LogP contribution in [0.15, 0.2) is 60.8 Å². The zero-order valence-electron chi connectivity index (χ0n) is 19.6. The lowest BCUT2D eigenvalue weighted by atomic mass is 10.1. The van der Waals surface area contributed by atoms with Crippen LogP contribution in [0.4, 0.5) is 17.5 Å². The van der Waals surface area contributed by atoms with Gasteiger partial charge in [0.25, 0.3) is 5.91 Å². The lowest BCUT2D eigenvalue weighted by molar-refractivity contribution is 0.102. The molecule has 0 aliphatic rings. The number of amides is 1. The quantitative estimate of drug-likeness (QED) is 0.292. The molecule has 0 saturated heterocycles. The van der Waals surface area contributed by atoms with Gasteiger partial charge in [0.15, 0.2) is 0 Å². The highest BCUT2D eigenvalue weighted by atomic mass is 35.5. The van der Waals surface area contributed by atoms with Crippen molar-refractivity contribution in [2.24, 2.45) is 0 Å². The summed E-state index contributed by atoms with van der Waals surface area (Å²) >= 11 is 5.77. The Morgan fingerprint density at radius 2 is 1.74 bits per heavy atom. The van der Waals surface area contributed by atoms with Crippen LogP contribution in [0.3, 0.4) is 0 Å². The molecule has 2 heterocycles. The van der Waals surface area contributed by atoms with Crippen LogP contribution in [0.2, 0.25) is 5.15 Å². The minimum atomic E-state index is -0.226. The smallest absolute Gasteiger partial charge is 0.257 e. The summed E-state index contributed by atoms with van der Waals surface area (Å²) < 4.78 is 0. The van der Waals surface area contributed by atoms with Gasteiger partial charge < -0.3 is 15.5 Å². The van der Waals surface area contributed by atoms with E-state index in [1.54, 1.807) is 12.1 Å². The first-order chi connectivity index (χ1) is 15.9. The van der Waals surface area contributed by atoms with Crippen molar-refractivity contribution >= 4 is 70.7 Å². The van der Waals surface area contributed by atoms with Gasteiger partial charge in [-0.05, 0) is 54.8 Å². The Labute approximate surface area is 222 Å². The Hall–Kier alpha value is -3.13. The van der Waals surface area contributed by atoms with Crippen molar-refractivity contribution in [1.82, 2.24) is 15.0 Å². The van der Waals surface area contributed by atoms with Crippen molar-refractivity contribution in [1.29, 1.82) is 0 Å². The Morgan fingerprint density at radius 3 is 2.40 bits per heavy atom. The Morgan fingerprint density at radius 1 is 1.00 bits per heavy atom. The van der Waals surface area contributed by atoms with Crippen LogP contribution in [0.25, 0.3) is 10.9 Å². The Balaban J connectivity index is 0.00000216. The van der Waals surface area contributed by atoms with Crippen LogP contribution in [-0.4, -0.2) is 41.5 Å². The highest BCUT2D eigenvalue weighted by Gasteiger charge is 2.11. The average Bonchev–Trinajstić information content (AvgIpc) is 2.81. The first-order valence-electron chi connectivity index (χ1n) is 10.6. The van der Waals surface area contributed by atoms with E-state index >= 15 is 0 Å². The molecule has 0 bridgehead atoms. The molecule has 184 valence electrons. The second-order valence-electron chi connectivity index (χ2n) is 7.94. The van der Waals surface area contributed by atoms with Crippen molar-refractivity contribution in [2.75, 3.05) is 36.2 Å². The van der Waals surface area contributed by atoms with Gasteiger partial charge in [-0.15, -0.1) is 24.8 Å². The summed E-state index contributed by atoms with van der Waals surface area (Å²) in [6.07, 6.45) is 2.27. The number of nitrogens with one attached hydrogen (secondary N) is 2. The second kappa shape index (κ2) is 12.5. The van der Waals surface area contributed by atoms with E-state index in [2.05, 4.69) is 28.6 Å². The Bertz CT molecular complexity index is 1280. The molecule has 0 radical (unpaired) electrons. The molecule has 0 aliphatic heterocycles. The zero-order valence-corrected chi connectivity index (χ0v) is 22.0. The maximum Gasteiger partial charge on any atom is 0.257 e. The molecule has 0 spiro atoms. The van der Waals surface area contributed by atoms with Crippen molar-refractivity contribution in [3.8, 4) is 0 Å². The molecule has 7 nitrogen and oxygen atoms in total. The summed E-state index contributed by atoms with van der Waals surface area (Å²) in [5, 5.41) is 7.70. The molecule has 2 N–H and O–H groups in total. The van der Waals surface area contributed by atoms with Crippen molar-refractivity contribution in [3.05, 3.63) is 82.6 Å². The number of para-hydroxylation sites is 1. The maximum absolute atomic E-state index is 12.3. The molecule has 0 unspecified atom stereocenters. The number of carbonyl (C=O) groups is 1. The number of hydrogen-bond donors (Lipinski definition) is 2. The first-order valence-corrected chi connectivity index (χ1v) is 11.0. The third-order valence-electron chi connectivity index (χ3n) is 5.22. The van der Waals surface area contributed by atoms with E-state index in [9.17, 15) is 4.79 Å². The van der Waals surface area contributed by atoms with Crippen LogP contribution in [-0.2, 0) is 6.42 Å². The molecule has 0 saturated carbocycles. The highest BCUT2D eigenvalue weighted by molar-refractivity contribution is 6.29. The fraction of sp³-hybridized carbons (Fsp3) is 0.200. The second-order valence-corrected chi connectivity index (χ2v) is 8.32. The third kappa shape index (κ3) is 6.94. The molecule has 2 aromatic heterocycles. The fourth-order valence-electron chi connectivity index (χ4n) is 3.41. The molecule has 10 heteroatoms. The van der Waals surface area contributed by atoms with Gasteiger partial charge in [-0.2, -0.15) is 4.98 Å². The predicted octanol–water partition coefficient (Wildman–Crippen LogP) is 5.80. The third-order valence-corrected chi connectivity index (χ3v) is 5.45. The van der Waals surface area contributed by atoms with Crippen LogP contribution >= 0.6 is 36.4 Å². The lowest BCUT2D eigenvalue weighted by Crippen LogP contribution is -2.15. The van der Waals surface area contributed by atoms with Crippen molar-refractivity contribution in [2.45, 2.75) is 13.3 Å². The number of fused-ring (bicyclic) bond motifs is 1. The van der Waals surface area contributed by atoms with Crippen LogP contribution in [0.1, 0.15) is 21.5 Å². The SMILES string of the molecule is Cc1cccc2c(NCCc3ccc(NC(=O)c4ccc(Cl)nc4)cc3)nc(N(C)C)nc12.Cl.Cl. The average molecular weight is 534 g/mol. The summed E-state index contributed by atoms with van der Waals surface area (Å²) in [5.41, 5.74) is 4.40. The van der Waals surface area contributed by atoms with Gasteiger partial charge in [-0.1, -0.05) is 35.9 Å². The fourth-order valence-corrected chi connectivity index (χ4v) is 3.52. The van der Waals surface area contributed by atoms with Gasteiger partial charge in [0.2, 0.25) is 5.95 Å². The standard InChI is InChI=1S/C25H25ClN6O.2ClH/c1-16-5-4-6-20-22(16)30-25(32(2)3)31-23(20)27-14-13-17-7-10-19(11-8-17)29-24(33)18-9-12-21(26)28-15-18;;/h4-12,15H,13-14H2,1-3H3,(H,29,33)(H,27,30,31);2*1H. The zero-order chi connectivity index (χ0) is 23.4. The minimum Gasteiger partial charge on any atom is -0.369 e. The molecule has 2 aromatic carbocycles. The van der Waals surface area contributed by atoms with E-state index in [4.69, 9.17) is 21.6 Å². The largest absolute Gasteiger partial charge is 0.369 e. The number of hydrogen-bond acceptors (Lipinski definition) is 6. The molecule has 4 rings (SSSR count). The van der Waals surface area contributed by atoms with Crippen LogP contribution in [0.5, 0.6) is 0 Å². The first kappa shape index (κ1) is 28.1. The topological polar surface area (TPSA) is 83.0 Å². The van der Waals surface area contributed by atoms with Gasteiger partial charge >= 0.3 is 0 Å². The minimum absolute atomic E-state index is 0. The molecule has 0 aliphatic carbocycles. The lowest BCUT2D eigenvalue weighted by Gasteiger charge is -2.16. The monoisotopic (exact) mass is 532 g/mol. The molecular weight excluding hydrogens is 507 g/mol. The number of pyridine rings is 1. The van der Waals surface area contributed by atoms with E-state index in [0.717, 1.165) is 46.5 Å². The number of carbonyl (C=O) groups excluding carboxylic acids is 1. The molecule has 4 aromatic rings. The number of rotatable bonds is 7. The van der Waals surface area contributed by atoms with E-state index in [-0.39, 0.29) is 30.7 Å². The van der Waals surface area contributed by atoms with E-state index in [1.807, 2.05) is 55.4 Å². The summed E-state index contributed by atoms with van der Waals surface area (Å²) in [7, 11) is 3.88. The molecule has 1 amide bonds. The molecule has 35 heavy (non-hydrogen) atoms. The number of anilines is 3. The van der Waals surface area contributed by atoms with Gasteiger partial charge in [-0.25, -0.2) is 9.97 Å². The highest BCUT2D eigenvalue weighted by Crippen LogP contribution is 2.25. The van der Waals surface area contributed by atoms with Crippen LogP contribution in [0, 0.1) is 6.92 Å². The number of nitrogens with zero attached hydrogens (tertiary/aromatic N) is 4. The maximum atomic E-state index is 12.3. The Kier molecular flexibility index (Phi) is 10.1. The number of aryl methyl sites for hydroxylation is 1. The van der Waals surface area contributed by atoms with Crippen LogP contribution < -0.4 is 15.5 Å². The predicted molar refractivity (Wildman–Crippen MR) is 149 cm³/mol. The number of halogens is 3. The van der Waals surface area contributed by atoms with E-state index < -0.39 is 0 Å². The normalized spacial score (nSPS) is 10.2. The molecule has 0 atom stereocenters. The van der Waals surface area contributed by atoms with Gasteiger partial charge in [0, 0.05) is 37.9 Å².